The molecule has 2 aliphatic rings. The van der Waals surface area contributed by atoms with Crippen LogP contribution in [0.4, 0.5) is 28.4 Å². The molecule has 5 aromatic rings. The van der Waals surface area contributed by atoms with Gasteiger partial charge < -0.3 is 10.6 Å². The number of hydrogen-bond acceptors (Lipinski definition) is 6. The third kappa shape index (κ3) is 4.10. The average Bonchev–Trinajstić information content (AvgIpc) is 2.95. The van der Waals surface area contributed by atoms with Crippen molar-refractivity contribution in [3.63, 3.8) is 0 Å². The van der Waals surface area contributed by atoms with Crippen LogP contribution in [0, 0.1) is 10.1 Å². The van der Waals surface area contributed by atoms with Crippen molar-refractivity contribution >= 4 is 52.0 Å². The van der Waals surface area contributed by atoms with Gasteiger partial charge in [0, 0.05) is 37.6 Å². The Hall–Kier alpha value is -4.20. The molecule has 0 atom stereocenters. The van der Waals surface area contributed by atoms with Gasteiger partial charge in [-0.3, -0.25) is 10.1 Å². The Bertz CT molecular complexity index is 1640. The maximum absolute atomic E-state index is 11.6. The second-order valence-electron chi connectivity index (χ2n) is 9.24. The van der Waals surface area contributed by atoms with Gasteiger partial charge in [0.25, 0.3) is 5.69 Å². The summed E-state index contributed by atoms with van der Waals surface area (Å²) >= 11 is 3.49. The molecule has 0 unspecified atom stereocenters. The maximum atomic E-state index is 11.6. The van der Waals surface area contributed by atoms with E-state index in [0.717, 1.165) is 49.2 Å². The highest BCUT2D eigenvalue weighted by atomic mass is 32.2. The fourth-order valence-electron chi connectivity index (χ4n) is 5.05. The average molecular weight is 532 g/mol. The van der Waals surface area contributed by atoms with E-state index in [1.807, 2.05) is 30.3 Å². The van der Waals surface area contributed by atoms with Crippen LogP contribution in [0.3, 0.4) is 0 Å². The van der Waals surface area contributed by atoms with Gasteiger partial charge in [0.15, 0.2) is 0 Å². The minimum atomic E-state index is -0.326. The van der Waals surface area contributed by atoms with E-state index < -0.39 is 0 Å². The van der Waals surface area contributed by atoms with Crippen molar-refractivity contribution in [2.45, 2.75) is 25.5 Å². The summed E-state index contributed by atoms with van der Waals surface area (Å²) in [5.74, 6) is -0.166. The summed E-state index contributed by atoms with van der Waals surface area (Å²) in [7, 11) is 0. The van der Waals surface area contributed by atoms with Gasteiger partial charge >= 0.3 is 0 Å². The minimum absolute atomic E-state index is 0.0957. The molecule has 7 rings (SSSR count). The van der Waals surface area contributed by atoms with E-state index in [1.165, 1.54) is 9.79 Å². The zero-order valence-corrected chi connectivity index (χ0v) is 21.7. The highest BCUT2D eigenvalue weighted by molar-refractivity contribution is 8.00. The lowest BCUT2D eigenvalue weighted by molar-refractivity contribution is -0.384. The first-order chi connectivity index (χ1) is 18.6. The van der Waals surface area contributed by atoms with Gasteiger partial charge in [-0.15, -0.1) is 0 Å². The first-order valence-corrected chi connectivity index (χ1v) is 13.9. The van der Waals surface area contributed by atoms with Gasteiger partial charge in [0.1, 0.15) is 0 Å². The number of para-hydroxylation sites is 2. The Balaban J connectivity index is 1.34. The van der Waals surface area contributed by atoms with Crippen molar-refractivity contribution < 1.29 is 4.92 Å². The standard InChI is InChI=1S/C31H21N3O2S2/c35-34(36)22-7-5-6-19(16-22)31(20-12-14-25-29(17-20)37-27-10-3-1-8-23(27)32-25)21-13-15-26-30(18-21)38-28-11-4-2-9-24(28)33-26/h1-18,31-33H. The largest absolute Gasteiger partial charge is 0.354 e. The molecule has 0 aliphatic carbocycles. The van der Waals surface area contributed by atoms with E-state index in [2.05, 4.69) is 71.3 Å². The fourth-order valence-corrected chi connectivity index (χ4v) is 7.13. The molecule has 0 aromatic heterocycles. The zero-order valence-electron chi connectivity index (χ0n) is 20.0. The smallest absolute Gasteiger partial charge is 0.269 e. The summed E-state index contributed by atoms with van der Waals surface area (Å²) < 4.78 is 0. The predicted octanol–water partition coefficient (Wildman–Crippen LogP) is 9.19. The first-order valence-electron chi connectivity index (χ1n) is 12.2. The SMILES string of the molecule is O=[N+]([O-])c1cccc(C(c2ccc3c(c2)Sc2ccccc2N3)c2ccc3c(c2)Sc2ccccc2N3)c1. The van der Waals surface area contributed by atoms with E-state index in [0.29, 0.717) is 0 Å². The number of non-ortho nitro benzene ring substituents is 1. The lowest BCUT2D eigenvalue weighted by Gasteiger charge is -2.26. The molecule has 0 fully saturated rings. The Labute approximate surface area is 228 Å². The quantitative estimate of drug-likeness (QED) is 0.134. The fraction of sp³-hybridized carbons (Fsp3) is 0.0323. The molecule has 0 amide bonds. The van der Waals surface area contributed by atoms with Gasteiger partial charge in [-0.2, -0.15) is 0 Å². The molecule has 184 valence electrons. The summed E-state index contributed by atoms with van der Waals surface area (Å²) in [4.78, 5) is 16.0. The molecule has 2 N–H and O–H groups in total. The third-order valence-corrected chi connectivity index (χ3v) is 9.11. The van der Waals surface area contributed by atoms with Gasteiger partial charge in [-0.25, -0.2) is 0 Å². The van der Waals surface area contributed by atoms with E-state index in [9.17, 15) is 10.1 Å². The Morgan fingerprint density at radius 3 is 1.61 bits per heavy atom. The normalized spacial score (nSPS) is 12.9. The zero-order chi connectivity index (χ0) is 25.6. The molecule has 0 radical (unpaired) electrons. The maximum Gasteiger partial charge on any atom is 0.269 e. The van der Waals surface area contributed by atoms with Crippen molar-refractivity contribution in [3.05, 3.63) is 136 Å². The monoisotopic (exact) mass is 531 g/mol. The lowest BCUT2D eigenvalue weighted by Crippen LogP contribution is -2.07. The molecule has 38 heavy (non-hydrogen) atoms. The van der Waals surface area contributed by atoms with Gasteiger partial charge in [-0.1, -0.05) is 72.1 Å². The number of rotatable bonds is 4. The van der Waals surface area contributed by atoms with Gasteiger partial charge in [0.2, 0.25) is 0 Å². The molecule has 0 bridgehead atoms. The Kier molecular flexibility index (Phi) is 5.60. The van der Waals surface area contributed by atoms with E-state index in [4.69, 9.17) is 0 Å². The van der Waals surface area contributed by atoms with Crippen LogP contribution in [-0.4, -0.2) is 4.92 Å². The molecule has 2 heterocycles. The first kappa shape index (κ1) is 23.0. The number of benzene rings is 5. The van der Waals surface area contributed by atoms with Crippen molar-refractivity contribution in [2.24, 2.45) is 0 Å². The van der Waals surface area contributed by atoms with Crippen LogP contribution < -0.4 is 10.6 Å². The van der Waals surface area contributed by atoms with Crippen LogP contribution in [0.2, 0.25) is 0 Å². The summed E-state index contributed by atoms with van der Waals surface area (Å²) in [6.45, 7) is 0. The number of nitrogens with one attached hydrogen (secondary N) is 2. The van der Waals surface area contributed by atoms with E-state index >= 15 is 0 Å². The molecule has 5 aromatic carbocycles. The Morgan fingerprint density at radius 1 is 0.553 bits per heavy atom. The number of nitro groups is 1. The van der Waals surface area contributed by atoms with Crippen LogP contribution in [0.1, 0.15) is 22.6 Å². The lowest BCUT2D eigenvalue weighted by atomic mass is 9.84. The van der Waals surface area contributed by atoms with E-state index in [-0.39, 0.29) is 16.5 Å². The molecular weight excluding hydrogens is 510 g/mol. The Morgan fingerprint density at radius 2 is 1.05 bits per heavy atom. The van der Waals surface area contributed by atoms with Crippen LogP contribution in [-0.2, 0) is 0 Å². The number of hydrogen-bond donors (Lipinski definition) is 2. The van der Waals surface area contributed by atoms with Gasteiger partial charge in [0.05, 0.1) is 27.7 Å². The highest BCUT2D eigenvalue weighted by Crippen LogP contribution is 2.48. The van der Waals surface area contributed by atoms with Crippen LogP contribution in [0.5, 0.6) is 0 Å². The topological polar surface area (TPSA) is 67.2 Å². The number of nitrogens with zero attached hydrogens (tertiary/aromatic N) is 1. The van der Waals surface area contributed by atoms with E-state index in [1.54, 1.807) is 41.7 Å². The summed E-state index contributed by atoms with van der Waals surface area (Å²) in [6, 6.07) is 36.5. The molecule has 2 aliphatic heterocycles. The molecule has 0 saturated heterocycles. The summed E-state index contributed by atoms with van der Waals surface area (Å²) in [5.41, 5.74) is 7.51. The molecule has 0 spiro atoms. The molecule has 5 nitrogen and oxygen atoms in total. The number of anilines is 4. The number of fused-ring (bicyclic) bond motifs is 4. The predicted molar refractivity (Wildman–Crippen MR) is 155 cm³/mol. The third-order valence-electron chi connectivity index (χ3n) is 6.84. The van der Waals surface area contributed by atoms with Crippen molar-refractivity contribution in [1.82, 2.24) is 0 Å². The van der Waals surface area contributed by atoms with Crippen LogP contribution in [0.15, 0.2) is 129 Å². The second kappa shape index (κ2) is 9.28. The molecule has 0 saturated carbocycles. The van der Waals surface area contributed by atoms with Crippen LogP contribution in [0.25, 0.3) is 0 Å². The second-order valence-corrected chi connectivity index (χ2v) is 11.4. The summed E-state index contributed by atoms with van der Waals surface area (Å²) in [5, 5.41) is 18.7. The van der Waals surface area contributed by atoms with Crippen LogP contribution >= 0.6 is 23.5 Å². The van der Waals surface area contributed by atoms with Crippen molar-refractivity contribution in [2.75, 3.05) is 10.6 Å². The highest BCUT2D eigenvalue weighted by Gasteiger charge is 2.24. The number of nitro benzene ring substituents is 1. The molecule has 7 heteroatoms. The minimum Gasteiger partial charge on any atom is -0.354 e. The summed E-state index contributed by atoms with van der Waals surface area (Å²) in [6.07, 6.45) is 0. The van der Waals surface area contributed by atoms with Crippen molar-refractivity contribution in [1.29, 1.82) is 0 Å². The van der Waals surface area contributed by atoms with Gasteiger partial charge in [-0.05, 0) is 65.2 Å². The van der Waals surface area contributed by atoms with Crippen molar-refractivity contribution in [3.8, 4) is 0 Å². The molecular formula is C31H21N3O2S2.